The third-order valence-corrected chi connectivity index (χ3v) is 3.84. The van der Waals surface area contributed by atoms with Gasteiger partial charge in [-0.25, -0.2) is 9.97 Å². The van der Waals surface area contributed by atoms with Gasteiger partial charge in [0.15, 0.2) is 0 Å². The van der Waals surface area contributed by atoms with E-state index in [-0.39, 0.29) is 27.8 Å². The van der Waals surface area contributed by atoms with Crippen molar-refractivity contribution in [1.82, 2.24) is 9.97 Å². The molecule has 1 N–H and O–H groups in total. The second-order valence-electron chi connectivity index (χ2n) is 4.77. The van der Waals surface area contributed by atoms with Crippen LogP contribution in [0.5, 0.6) is 0 Å². The van der Waals surface area contributed by atoms with Gasteiger partial charge in [0.05, 0.1) is 5.56 Å². The molecule has 6 heteroatoms. The number of halogens is 1. The molecule has 0 radical (unpaired) electrons. The van der Waals surface area contributed by atoms with Gasteiger partial charge < -0.3 is 5.32 Å². The van der Waals surface area contributed by atoms with Crippen molar-refractivity contribution >= 4 is 28.9 Å². The van der Waals surface area contributed by atoms with Gasteiger partial charge in [-0.05, 0) is 18.1 Å². The van der Waals surface area contributed by atoms with Crippen LogP contribution in [0.3, 0.4) is 0 Å². The van der Waals surface area contributed by atoms with E-state index in [1.165, 1.54) is 12.5 Å². The summed E-state index contributed by atoms with van der Waals surface area (Å²) in [6.07, 6.45) is 3.34. The zero-order chi connectivity index (χ0) is 15.7. The van der Waals surface area contributed by atoms with Gasteiger partial charge in [-0.1, -0.05) is 36.7 Å². The Morgan fingerprint density at radius 2 is 1.95 bits per heavy atom. The number of rotatable bonds is 3. The van der Waals surface area contributed by atoms with Crippen molar-refractivity contribution in [2.75, 3.05) is 5.32 Å². The number of allylic oxidation sites excluding steroid dienone is 2. The Labute approximate surface area is 132 Å². The van der Waals surface area contributed by atoms with Crippen LogP contribution >= 0.6 is 11.6 Å². The Kier molecular flexibility index (Phi) is 3.73. The average Bonchev–Trinajstić information content (AvgIpc) is 2.57. The predicted molar refractivity (Wildman–Crippen MR) is 83.0 cm³/mol. The molecule has 1 aliphatic rings. The molecule has 1 aromatic carbocycles. The van der Waals surface area contributed by atoms with Crippen LogP contribution < -0.4 is 5.32 Å². The standard InChI is InChI=1S/C16H12ClN3O2/c1-2-9-5-3-4-6-11(9)20-14-12(17)16(22)13-10(15(14)21)7-18-8-19-13/h3-8,20H,2H2,1H3. The fraction of sp³-hybridized carbons (Fsp3) is 0.125. The number of carbonyl (C=O) groups excluding carboxylic acids is 2. The van der Waals surface area contributed by atoms with Crippen LogP contribution in [0.4, 0.5) is 5.69 Å². The van der Waals surface area contributed by atoms with Gasteiger partial charge in [0.2, 0.25) is 11.6 Å². The lowest BCUT2D eigenvalue weighted by atomic mass is 9.97. The monoisotopic (exact) mass is 313 g/mol. The summed E-state index contributed by atoms with van der Waals surface area (Å²) in [4.78, 5) is 32.4. The van der Waals surface area contributed by atoms with Crippen molar-refractivity contribution < 1.29 is 9.59 Å². The van der Waals surface area contributed by atoms with Gasteiger partial charge in [0.1, 0.15) is 22.8 Å². The number of benzene rings is 1. The first-order valence-electron chi connectivity index (χ1n) is 6.77. The second kappa shape index (κ2) is 5.69. The maximum atomic E-state index is 12.5. The Morgan fingerprint density at radius 3 is 2.73 bits per heavy atom. The van der Waals surface area contributed by atoms with Crippen LogP contribution in [0.1, 0.15) is 33.3 Å². The van der Waals surface area contributed by atoms with E-state index in [1.54, 1.807) is 0 Å². The molecule has 22 heavy (non-hydrogen) atoms. The number of fused-ring (bicyclic) bond motifs is 1. The lowest BCUT2D eigenvalue weighted by Gasteiger charge is -2.19. The molecule has 0 saturated carbocycles. The summed E-state index contributed by atoms with van der Waals surface area (Å²) in [5.41, 5.74) is 2.04. The van der Waals surface area contributed by atoms with Crippen molar-refractivity contribution in [2.24, 2.45) is 0 Å². The molecule has 1 aliphatic carbocycles. The number of Topliss-reactive ketones (excluding diaryl/α,β-unsaturated/α-hetero) is 2. The van der Waals surface area contributed by atoms with Gasteiger partial charge >= 0.3 is 0 Å². The SMILES string of the molecule is CCc1ccccc1NC1=C(Cl)C(=O)c2ncncc2C1=O. The number of aromatic nitrogens is 2. The van der Waals surface area contributed by atoms with Crippen molar-refractivity contribution in [2.45, 2.75) is 13.3 Å². The van der Waals surface area contributed by atoms with E-state index in [1.807, 2.05) is 31.2 Å². The third-order valence-electron chi connectivity index (χ3n) is 3.48. The quantitative estimate of drug-likeness (QED) is 0.943. The summed E-state index contributed by atoms with van der Waals surface area (Å²) in [5, 5.41) is 2.84. The molecule has 0 spiro atoms. The maximum Gasteiger partial charge on any atom is 0.225 e. The molecule has 0 fully saturated rings. The van der Waals surface area contributed by atoms with E-state index < -0.39 is 5.78 Å². The first-order chi connectivity index (χ1) is 10.6. The average molecular weight is 314 g/mol. The minimum absolute atomic E-state index is 0.0410. The molecular weight excluding hydrogens is 302 g/mol. The minimum atomic E-state index is -0.477. The second-order valence-corrected chi connectivity index (χ2v) is 5.15. The summed E-state index contributed by atoms with van der Waals surface area (Å²) in [6.45, 7) is 2.01. The third kappa shape index (κ3) is 2.29. The predicted octanol–water partition coefficient (Wildman–Crippen LogP) is 2.98. The number of hydrogen-bond acceptors (Lipinski definition) is 5. The van der Waals surface area contributed by atoms with E-state index in [2.05, 4.69) is 15.3 Å². The van der Waals surface area contributed by atoms with Crippen LogP contribution in [0, 0.1) is 0 Å². The molecule has 0 bridgehead atoms. The highest BCUT2D eigenvalue weighted by molar-refractivity contribution is 6.50. The van der Waals surface area contributed by atoms with Gasteiger partial charge in [0.25, 0.3) is 0 Å². The number of aryl methyl sites for hydroxylation is 1. The highest BCUT2D eigenvalue weighted by Gasteiger charge is 2.33. The fourth-order valence-electron chi connectivity index (χ4n) is 2.33. The molecule has 5 nitrogen and oxygen atoms in total. The number of carbonyl (C=O) groups is 2. The van der Waals surface area contributed by atoms with Crippen molar-refractivity contribution in [3.63, 3.8) is 0 Å². The summed E-state index contributed by atoms with van der Waals surface area (Å²) in [5.74, 6) is -0.860. The molecule has 0 atom stereocenters. The molecule has 0 amide bonds. The van der Waals surface area contributed by atoms with Crippen LogP contribution in [0.15, 0.2) is 47.5 Å². The number of ketones is 2. The van der Waals surface area contributed by atoms with Gasteiger partial charge in [-0.3, -0.25) is 9.59 Å². The van der Waals surface area contributed by atoms with Crippen molar-refractivity contribution in [1.29, 1.82) is 0 Å². The topological polar surface area (TPSA) is 72.0 Å². The molecule has 0 aliphatic heterocycles. The molecular formula is C16H12ClN3O2. The number of nitrogens with zero attached hydrogens (tertiary/aromatic N) is 2. The molecule has 3 rings (SSSR count). The Bertz CT molecular complexity index is 815. The molecule has 110 valence electrons. The van der Waals surface area contributed by atoms with Crippen LogP contribution in [-0.2, 0) is 6.42 Å². The van der Waals surface area contributed by atoms with Gasteiger partial charge in [-0.15, -0.1) is 0 Å². The van der Waals surface area contributed by atoms with E-state index in [0.29, 0.717) is 0 Å². The van der Waals surface area contributed by atoms with E-state index in [0.717, 1.165) is 17.7 Å². The highest BCUT2D eigenvalue weighted by Crippen LogP contribution is 2.29. The summed E-state index contributed by atoms with van der Waals surface area (Å²) in [7, 11) is 0. The minimum Gasteiger partial charge on any atom is -0.351 e. The van der Waals surface area contributed by atoms with Crippen LogP contribution in [-0.4, -0.2) is 21.5 Å². The van der Waals surface area contributed by atoms with E-state index >= 15 is 0 Å². The van der Waals surface area contributed by atoms with Gasteiger partial charge in [0, 0.05) is 11.9 Å². The Hall–Kier alpha value is -2.53. The lowest BCUT2D eigenvalue weighted by molar-refractivity contribution is 0.0977. The number of nitrogens with one attached hydrogen (secondary N) is 1. The molecule has 0 saturated heterocycles. The fourth-order valence-corrected chi connectivity index (χ4v) is 2.55. The molecule has 1 aromatic heterocycles. The highest BCUT2D eigenvalue weighted by atomic mass is 35.5. The summed E-state index contributed by atoms with van der Waals surface area (Å²) in [6, 6.07) is 7.55. The molecule has 2 aromatic rings. The summed E-state index contributed by atoms with van der Waals surface area (Å²) >= 11 is 6.09. The van der Waals surface area contributed by atoms with Crippen molar-refractivity contribution in [3.8, 4) is 0 Å². The van der Waals surface area contributed by atoms with Crippen molar-refractivity contribution in [3.05, 3.63) is 64.3 Å². The normalized spacial score (nSPS) is 14.1. The number of para-hydroxylation sites is 1. The zero-order valence-corrected chi connectivity index (χ0v) is 12.5. The van der Waals surface area contributed by atoms with Crippen LogP contribution in [0.2, 0.25) is 0 Å². The zero-order valence-electron chi connectivity index (χ0n) is 11.8. The maximum absolute atomic E-state index is 12.5. The molecule has 1 heterocycles. The van der Waals surface area contributed by atoms with E-state index in [4.69, 9.17) is 11.6 Å². The number of hydrogen-bond donors (Lipinski definition) is 1. The van der Waals surface area contributed by atoms with Gasteiger partial charge in [-0.2, -0.15) is 0 Å². The van der Waals surface area contributed by atoms with Crippen LogP contribution in [0.25, 0.3) is 0 Å². The lowest BCUT2D eigenvalue weighted by Crippen LogP contribution is -2.25. The molecule has 0 unspecified atom stereocenters. The van der Waals surface area contributed by atoms with E-state index in [9.17, 15) is 9.59 Å². The largest absolute Gasteiger partial charge is 0.351 e. The summed E-state index contributed by atoms with van der Waals surface area (Å²) < 4.78 is 0. The smallest absolute Gasteiger partial charge is 0.225 e. The number of anilines is 1. The first kappa shape index (κ1) is 14.4. The Balaban J connectivity index is 2.06. The first-order valence-corrected chi connectivity index (χ1v) is 7.15. The Morgan fingerprint density at radius 1 is 1.18 bits per heavy atom.